The monoisotopic (exact) mass is 965 g/mol. The van der Waals surface area contributed by atoms with Crippen LogP contribution in [0.2, 0.25) is 0 Å². The fourth-order valence-corrected chi connectivity index (χ4v) is 6.89. The highest BCUT2D eigenvalue weighted by atomic mass is 19.4. The second-order valence-corrected chi connectivity index (χ2v) is 15.0. The van der Waals surface area contributed by atoms with Crippen molar-refractivity contribution in [1.29, 1.82) is 0 Å². The van der Waals surface area contributed by atoms with Crippen LogP contribution in [0.15, 0.2) is 110 Å². The van der Waals surface area contributed by atoms with Crippen LogP contribution in [-0.2, 0) is 6.18 Å². The first-order valence-electron chi connectivity index (χ1n) is 21.2. The van der Waals surface area contributed by atoms with Crippen molar-refractivity contribution >= 4 is 34.7 Å². The van der Waals surface area contributed by atoms with Crippen LogP contribution < -0.4 is 33.2 Å². The molecule has 0 saturated carbocycles. The van der Waals surface area contributed by atoms with Crippen molar-refractivity contribution in [1.82, 2.24) is 15.0 Å². The number of fused-ring (bicyclic) bond motifs is 3. The lowest BCUT2D eigenvalue weighted by molar-refractivity contribution is -0.138. The number of alkyl halides is 3. The van der Waals surface area contributed by atoms with Crippen molar-refractivity contribution in [3.05, 3.63) is 155 Å². The van der Waals surface area contributed by atoms with Crippen LogP contribution in [0.4, 0.5) is 17.6 Å². The van der Waals surface area contributed by atoms with Crippen molar-refractivity contribution < 1.29 is 79.5 Å². The zero-order valence-electron chi connectivity index (χ0n) is 36.9. The van der Waals surface area contributed by atoms with E-state index in [0.29, 0.717) is 56.9 Å². The van der Waals surface area contributed by atoms with Gasteiger partial charge in [0.05, 0.1) is 12.7 Å². The van der Waals surface area contributed by atoms with Gasteiger partial charge in [-0.25, -0.2) is 9.37 Å². The summed E-state index contributed by atoms with van der Waals surface area (Å²) in [5, 5.41) is 0. The summed E-state index contributed by atoms with van der Waals surface area (Å²) in [5.74, 6) is 0.644. The first-order chi connectivity index (χ1) is 33.7. The van der Waals surface area contributed by atoms with Gasteiger partial charge in [0.2, 0.25) is 20.4 Å². The number of halogens is 4. The van der Waals surface area contributed by atoms with Gasteiger partial charge in [0.1, 0.15) is 22.8 Å². The molecule has 0 bridgehead atoms. The van der Waals surface area contributed by atoms with Crippen molar-refractivity contribution in [2.75, 3.05) is 27.5 Å². The van der Waals surface area contributed by atoms with Crippen molar-refractivity contribution in [3.8, 4) is 40.2 Å². The molecule has 6 aromatic rings. The molecule has 0 spiro atoms. The Kier molecular flexibility index (Phi) is 15.9. The van der Waals surface area contributed by atoms with Crippen LogP contribution in [0.3, 0.4) is 0 Å². The third-order valence-corrected chi connectivity index (χ3v) is 10.5. The van der Waals surface area contributed by atoms with Crippen molar-refractivity contribution in [3.63, 3.8) is 0 Å². The molecular weight excluding hydrogens is 927 g/mol. The SMILES string of the molecule is COc1cccnc1C(=O)CCC(=O)c1ccc2c(c1)OCO2.O=C(CCC(=O)c1ncccc1C(F)(F)F)c1ccc2c(c1)OCO2.O=C(CCC(=O)c1ncccc1F)c1ccc2c(c1)OCO2. The number of hydrogen-bond donors (Lipinski definition) is 0. The molecule has 3 aliphatic heterocycles. The lowest BCUT2D eigenvalue weighted by Gasteiger charge is -2.10. The van der Waals surface area contributed by atoms with E-state index in [4.69, 9.17) is 33.2 Å². The Morgan fingerprint density at radius 2 is 0.829 bits per heavy atom. The summed E-state index contributed by atoms with van der Waals surface area (Å²) >= 11 is 0. The van der Waals surface area contributed by atoms with Crippen LogP contribution in [0, 0.1) is 5.82 Å². The van der Waals surface area contributed by atoms with E-state index in [2.05, 4.69) is 15.0 Å². The predicted molar refractivity (Wildman–Crippen MR) is 236 cm³/mol. The third-order valence-electron chi connectivity index (χ3n) is 10.5. The first kappa shape index (κ1) is 49.4. The number of benzene rings is 3. The van der Waals surface area contributed by atoms with Crippen LogP contribution in [0.5, 0.6) is 40.2 Å². The zero-order valence-corrected chi connectivity index (χ0v) is 36.9. The largest absolute Gasteiger partial charge is 0.494 e. The van der Waals surface area contributed by atoms with Gasteiger partial charge in [-0.15, -0.1) is 0 Å². The third kappa shape index (κ3) is 12.3. The van der Waals surface area contributed by atoms with E-state index < -0.39 is 34.8 Å². The van der Waals surface area contributed by atoms with Crippen LogP contribution >= 0.6 is 0 Å². The molecule has 3 aromatic carbocycles. The van der Waals surface area contributed by atoms with Crippen LogP contribution in [0.25, 0.3) is 0 Å². The lowest BCUT2D eigenvalue weighted by Crippen LogP contribution is -2.15. The Morgan fingerprint density at radius 1 is 0.471 bits per heavy atom. The van der Waals surface area contributed by atoms with E-state index in [1.54, 1.807) is 54.6 Å². The fraction of sp³-hybridized carbons (Fsp3) is 0.220. The van der Waals surface area contributed by atoms with E-state index in [1.807, 2.05) is 0 Å². The number of nitrogens with zero attached hydrogens (tertiary/aromatic N) is 3. The van der Waals surface area contributed by atoms with E-state index in [-0.39, 0.29) is 93.4 Å². The zero-order chi connectivity index (χ0) is 49.8. The van der Waals surface area contributed by atoms with Gasteiger partial charge >= 0.3 is 6.18 Å². The summed E-state index contributed by atoms with van der Waals surface area (Å²) in [6, 6.07) is 22.2. The highest BCUT2D eigenvalue weighted by Gasteiger charge is 2.36. The molecule has 360 valence electrons. The summed E-state index contributed by atoms with van der Waals surface area (Å²) in [6.07, 6.45) is -1.25. The lowest BCUT2D eigenvalue weighted by atomic mass is 10.0. The van der Waals surface area contributed by atoms with Gasteiger partial charge in [0, 0.05) is 73.8 Å². The minimum atomic E-state index is -4.68. The summed E-state index contributed by atoms with van der Waals surface area (Å²) in [6.45, 7) is 0.348. The Bertz CT molecular complexity index is 2960. The number of carbonyl (C=O) groups is 6. The number of aromatic nitrogens is 3. The van der Waals surface area contributed by atoms with Gasteiger partial charge in [-0.05, 0) is 91.0 Å². The quantitative estimate of drug-likeness (QED) is 0.0655. The maximum atomic E-state index is 13.4. The van der Waals surface area contributed by atoms with E-state index >= 15 is 0 Å². The Hall–Kier alpha value is -8.55. The molecule has 0 radical (unpaired) electrons. The average molecular weight is 966 g/mol. The summed E-state index contributed by atoms with van der Waals surface area (Å²) in [5.41, 5.74) is -0.541. The Morgan fingerprint density at radius 3 is 1.26 bits per heavy atom. The van der Waals surface area contributed by atoms with Gasteiger partial charge in [0.25, 0.3) is 0 Å². The summed E-state index contributed by atoms with van der Waals surface area (Å²) in [7, 11) is 1.48. The Balaban J connectivity index is 0.000000155. The maximum Gasteiger partial charge on any atom is 0.418 e. The highest BCUT2D eigenvalue weighted by molar-refractivity contribution is 6.04. The van der Waals surface area contributed by atoms with Crippen molar-refractivity contribution in [2.45, 2.75) is 44.7 Å². The number of pyridine rings is 3. The predicted octanol–water partition coefficient (Wildman–Crippen LogP) is 9.13. The molecule has 16 nitrogen and oxygen atoms in total. The molecule has 0 N–H and O–H groups in total. The number of ether oxygens (including phenoxy) is 7. The molecule has 20 heteroatoms. The number of rotatable bonds is 16. The molecule has 6 heterocycles. The molecule has 0 amide bonds. The maximum absolute atomic E-state index is 13.4. The van der Waals surface area contributed by atoms with E-state index in [1.165, 1.54) is 43.8 Å². The van der Waals surface area contributed by atoms with Gasteiger partial charge in [0.15, 0.2) is 75.0 Å². The molecule has 0 atom stereocenters. The minimum Gasteiger partial charge on any atom is -0.494 e. The number of ketones is 6. The molecule has 0 fully saturated rings. The first-order valence-corrected chi connectivity index (χ1v) is 21.2. The topological polar surface area (TPSA) is 206 Å². The molecule has 3 aliphatic rings. The number of methoxy groups -OCH3 is 1. The molecule has 70 heavy (non-hydrogen) atoms. The Labute approximate surface area is 395 Å². The van der Waals surface area contributed by atoms with Gasteiger partial charge in [-0.3, -0.25) is 38.7 Å². The van der Waals surface area contributed by atoms with E-state index in [0.717, 1.165) is 18.3 Å². The molecule has 0 aliphatic carbocycles. The van der Waals surface area contributed by atoms with Crippen molar-refractivity contribution in [2.24, 2.45) is 0 Å². The molecule has 0 unspecified atom stereocenters. The van der Waals surface area contributed by atoms with E-state index in [9.17, 15) is 46.3 Å². The summed E-state index contributed by atoms with van der Waals surface area (Å²) < 4.78 is 88.4. The molecular formula is C50H39F4N3O13. The average Bonchev–Trinajstić information content (AvgIpc) is 4.18. The second kappa shape index (κ2) is 22.5. The normalized spacial score (nSPS) is 12.4. The molecule has 0 saturated heterocycles. The molecule has 9 rings (SSSR count). The minimum absolute atomic E-state index is 0.0194. The highest BCUT2D eigenvalue weighted by Crippen LogP contribution is 2.36. The van der Waals surface area contributed by atoms with Gasteiger partial charge < -0.3 is 33.2 Å². The smallest absolute Gasteiger partial charge is 0.418 e. The second-order valence-electron chi connectivity index (χ2n) is 15.0. The number of Topliss-reactive ketones (excluding diaryl/α,β-unsaturated/α-hetero) is 6. The standard InChI is InChI=1S/C17H12F3NO4.C17H15NO5.C16H12FNO4/c18-17(19,20)11-2-1-7-21-16(11)13(23)5-4-12(22)10-3-6-14-15(8-10)25-9-24-14;1-21-15-3-2-8-18-17(15)13(20)6-5-12(19)11-4-7-14-16(9-11)23-10-22-14;17-11-2-1-7-18-16(11)13(20)5-4-12(19)10-3-6-14-15(8-10)22-9-21-14/h1-3,6-8H,4-5,9H2;2-4,7-9H,5-6,10H2,1H3;1-3,6-8H,4-5,9H2. The van der Waals surface area contributed by atoms with Gasteiger partial charge in [-0.1, -0.05) is 0 Å². The van der Waals surface area contributed by atoms with Crippen LogP contribution in [-0.4, -0.2) is 77.1 Å². The fourth-order valence-electron chi connectivity index (χ4n) is 6.89. The number of hydrogen-bond acceptors (Lipinski definition) is 16. The molecule has 3 aromatic heterocycles. The van der Waals surface area contributed by atoms with Crippen LogP contribution in [0.1, 0.15) is 107 Å². The summed E-state index contributed by atoms with van der Waals surface area (Å²) in [4.78, 5) is 83.9. The number of carbonyl (C=O) groups excluding carboxylic acids is 6. The van der Waals surface area contributed by atoms with Gasteiger partial charge in [-0.2, -0.15) is 13.2 Å².